The molecule has 2 rings (SSSR count). The fraction of sp³-hybridized carbons (Fsp3) is 0.222. The molecular weight excluding hydrogens is 347 g/mol. The van der Waals surface area contributed by atoms with Crippen molar-refractivity contribution in [2.75, 3.05) is 0 Å². The van der Waals surface area contributed by atoms with E-state index >= 15 is 0 Å². The molecule has 0 aliphatic heterocycles. The van der Waals surface area contributed by atoms with Crippen LogP contribution in [0.1, 0.15) is 35.7 Å². The van der Waals surface area contributed by atoms with Crippen molar-refractivity contribution in [3.8, 4) is 0 Å². The van der Waals surface area contributed by atoms with Gasteiger partial charge in [0, 0.05) is 15.6 Å². The number of halogens is 2. The van der Waals surface area contributed by atoms with Gasteiger partial charge in [-0.05, 0) is 47.9 Å². The summed E-state index contributed by atoms with van der Waals surface area (Å²) in [6.07, 6.45) is 0. The summed E-state index contributed by atoms with van der Waals surface area (Å²) in [4.78, 5) is 24.5. The molecule has 0 fully saturated rings. The maximum absolute atomic E-state index is 12.5. The molecule has 0 unspecified atom stereocenters. The summed E-state index contributed by atoms with van der Waals surface area (Å²) in [7, 11) is 0. The predicted octanol–water partition coefficient (Wildman–Crippen LogP) is 4.19. The Morgan fingerprint density at radius 2 is 1.33 bits per heavy atom. The van der Waals surface area contributed by atoms with Crippen LogP contribution in [0.4, 0.5) is 0 Å². The average molecular weight is 365 g/mol. The van der Waals surface area contributed by atoms with Gasteiger partial charge in [0.05, 0.1) is 5.92 Å². The third kappa shape index (κ3) is 4.73. The van der Waals surface area contributed by atoms with Crippen molar-refractivity contribution in [3.05, 3.63) is 69.7 Å². The molecule has 0 heterocycles. The number of hydrogen-bond acceptors (Lipinski definition) is 2. The van der Waals surface area contributed by atoms with E-state index in [1.54, 1.807) is 36.4 Å². The highest BCUT2D eigenvalue weighted by molar-refractivity contribution is 6.30. The number of hydrazine groups is 1. The summed E-state index contributed by atoms with van der Waals surface area (Å²) in [5, 5.41) is 1.15. The van der Waals surface area contributed by atoms with E-state index < -0.39 is 11.8 Å². The number of carbonyl (C=O) groups excluding carboxylic acids is 2. The zero-order valence-corrected chi connectivity index (χ0v) is 14.9. The first kappa shape index (κ1) is 18.3. The number of hydrogen-bond donors (Lipinski definition) is 2. The van der Waals surface area contributed by atoms with Gasteiger partial charge in [-0.3, -0.25) is 20.4 Å². The van der Waals surface area contributed by atoms with Crippen LogP contribution in [-0.4, -0.2) is 11.8 Å². The molecule has 126 valence electrons. The van der Waals surface area contributed by atoms with E-state index in [9.17, 15) is 9.59 Å². The summed E-state index contributed by atoms with van der Waals surface area (Å²) in [6, 6.07) is 13.5. The van der Waals surface area contributed by atoms with Crippen molar-refractivity contribution in [1.82, 2.24) is 10.9 Å². The van der Waals surface area contributed by atoms with Gasteiger partial charge in [-0.25, -0.2) is 0 Å². The number of rotatable bonds is 4. The van der Waals surface area contributed by atoms with Crippen LogP contribution in [0.15, 0.2) is 48.5 Å². The third-order valence-electron chi connectivity index (χ3n) is 3.58. The van der Waals surface area contributed by atoms with Gasteiger partial charge in [0.2, 0.25) is 5.91 Å². The fourth-order valence-corrected chi connectivity index (χ4v) is 2.63. The Bertz CT molecular complexity index is 713. The van der Waals surface area contributed by atoms with E-state index in [2.05, 4.69) is 10.9 Å². The fourth-order valence-electron chi connectivity index (χ4n) is 2.38. The number of benzene rings is 2. The molecule has 0 bridgehead atoms. The third-order valence-corrected chi connectivity index (χ3v) is 4.09. The minimum atomic E-state index is -0.404. The van der Waals surface area contributed by atoms with Gasteiger partial charge in [0.15, 0.2) is 0 Å². The lowest BCUT2D eigenvalue weighted by molar-refractivity contribution is -0.124. The number of nitrogens with one attached hydrogen (secondary N) is 2. The van der Waals surface area contributed by atoms with E-state index in [0.29, 0.717) is 15.6 Å². The zero-order valence-electron chi connectivity index (χ0n) is 13.3. The van der Waals surface area contributed by atoms with Crippen molar-refractivity contribution >= 4 is 35.0 Å². The molecular formula is C18H18Cl2N2O2. The van der Waals surface area contributed by atoms with Crippen LogP contribution in [0.3, 0.4) is 0 Å². The SMILES string of the molecule is CC(C)[C@@H](C(=O)NNC(=O)c1ccc(Cl)cc1)c1ccc(Cl)cc1. The molecule has 2 aromatic carbocycles. The van der Waals surface area contributed by atoms with Gasteiger partial charge in [0.1, 0.15) is 0 Å². The second-order valence-corrected chi connectivity index (χ2v) is 6.60. The Balaban J connectivity index is 2.04. The average Bonchev–Trinajstić information content (AvgIpc) is 2.55. The summed E-state index contributed by atoms with van der Waals surface area (Å²) < 4.78 is 0. The van der Waals surface area contributed by atoms with Crippen LogP contribution in [0, 0.1) is 5.92 Å². The smallest absolute Gasteiger partial charge is 0.269 e. The van der Waals surface area contributed by atoms with Gasteiger partial charge in [0.25, 0.3) is 5.91 Å². The monoisotopic (exact) mass is 364 g/mol. The lowest BCUT2D eigenvalue weighted by Crippen LogP contribution is -2.44. The number of amides is 2. The van der Waals surface area contributed by atoms with Crippen molar-refractivity contribution < 1.29 is 9.59 Å². The van der Waals surface area contributed by atoms with Crippen LogP contribution in [-0.2, 0) is 4.79 Å². The molecule has 2 aromatic rings. The van der Waals surface area contributed by atoms with E-state index in [1.807, 2.05) is 26.0 Å². The van der Waals surface area contributed by atoms with Gasteiger partial charge in [-0.1, -0.05) is 49.2 Å². The second-order valence-electron chi connectivity index (χ2n) is 5.72. The van der Waals surface area contributed by atoms with Gasteiger partial charge in [-0.15, -0.1) is 0 Å². The summed E-state index contributed by atoms with van der Waals surface area (Å²) in [5.41, 5.74) is 6.16. The summed E-state index contributed by atoms with van der Waals surface area (Å²) in [6.45, 7) is 3.89. The highest BCUT2D eigenvalue weighted by atomic mass is 35.5. The Kier molecular flexibility index (Phi) is 6.23. The summed E-state index contributed by atoms with van der Waals surface area (Å²) >= 11 is 11.7. The molecule has 0 aromatic heterocycles. The van der Waals surface area contributed by atoms with E-state index in [0.717, 1.165) is 5.56 Å². The standard InChI is InChI=1S/C18H18Cl2N2O2/c1-11(2)16(12-3-7-14(19)8-4-12)18(24)22-21-17(23)13-5-9-15(20)10-6-13/h3-11,16H,1-2H3,(H,21,23)(H,22,24)/t16-/m1/s1. The maximum Gasteiger partial charge on any atom is 0.269 e. The van der Waals surface area contributed by atoms with E-state index in [1.165, 1.54) is 0 Å². The maximum atomic E-state index is 12.5. The Hall–Kier alpha value is -2.04. The quantitative estimate of drug-likeness (QED) is 0.798. The first-order chi connectivity index (χ1) is 11.4. The molecule has 0 aliphatic carbocycles. The topological polar surface area (TPSA) is 58.2 Å². The van der Waals surface area contributed by atoms with Crippen molar-refractivity contribution in [2.45, 2.75) is 19.8 Å². The first-order valence-corrected chi connectivity index (χ1v) is 8.25. The highest BCUT2D eigenvalue weighted by Gasteiger charge is 2.24. The zero-order chi connectivity index (χ0) is 17.7. The molecule has 0 aliphatic rings. The van der Waals surface area contributed by atoms with Crippen LogP contribution >= 0.6 is 23.2 Å². The van der Waals surface area contributed by atoms with Crippen LogP contribution in [0.5, 0.6) is 0 Å². The predicted molar refractivity (Wildman–Crippen MR) is 96.1 cm³/mol. The Labute approximate surface area is 151 Å². The molecule has 6 heteroatoms. The van der Waals surface area contributed by atoms with Gasteiger partial charge >= 0.3 is 0 Å². The first-order valence-electron chi connectivity index (χ1n) is 7.49. The molecule has 0 saturated carbocycles. The van der Waals surface area contributed by atoms with Crippen LogP contribution < -0.4 is 10.9 Å². The van der Waals surface area contributed by atoms with E-state index in [4.69, 9.17) is 23.2 Å². The van der Waals surface area contributed by atoms with Crippen LogP contribution in [0.25, 0.3) is 0 Å². The largest absolute Gasteiger partial charge is 0.273 e. The molecule has 0 saturated heterocycles. The molecule has 1 atom stereocenters. The molecule has 4 nitrogen and oxygen atoms in total. The Morgan fingerprint density at radius 3 is 1.83 bits per heavy atom. The van der Waals surface area contributed by atoms with Gasteiger partial charge in [-0.2, -0.15) is 0 Å². The highest BCUT2D eigenvalue weighted by Crippen LogP contribution is 2.25. The van der Waals surface area contributed by atoms with E-state index in [-0.39, 0.29) is 11.8 Å². The molecule has 0 radical (unpaired) electrons. The molecule has 24 heavy (non-hydrogen) atoms. The second kappa shape index (κ2) is 8.18. The Morgan fingerprint density at radius 1 is 0.833 bits per heavy atom. The van der Waals surface area contributed by atoms with Crippen molar-refractivity contribution in [3.63, 3.8) is 0 Å². The minimum Gasteiger partial charge on any atom is -0.273 e. The van der Waals surface area contributed by atoms with Gasteiger partial charge < -0.3 is 0 Å². The lowest BCUT2D eigenvalue weighted by atomic mass is 9.88. The van der Waals surface area contributed by atoms with Crippen LogP contribution in [0.2, 0.25) is 10.0 Å². The molecule has 2 N–H and O–H groups in total. The van der Waals surface area contributed by atoms with Crippen molar-refractivity contribution in [1.29, 1.82) is 0 Å². The lowest BCUT2D eigenvalue weighted by Gasteiger charge is -2.21. The van der Waals surface area contributed by atoms with Crippen molar-refractivity contribution in [2.24, 2.45) is 5.92 Å². The summed E-state index contributed by atoms with van der Waals surface area (Å²) in [5.74, 6) is -1.03. The molecule has 0 spiro atoms. The minimum absolute atomic E-state index is 0.0543. The number of carbonyl (C=O) groups is 2. The molecule has 2 amide bonds. The normalized spacial score (nSPS) is 11.9.